The zero-order valence-electron chi connectivity index (χ0n) is 26.3. The summed E-state index contributed by atoms with van der Waals surface area (Å²) in [7, 11) is 0. The van der Waals surface area contributed by atoms with Crippen LogP contribution in [0.3, 0.4) is 0 Å². The third-order valence-corrected chi connectivity index (χ3v) is 9.55. The molecule has 230 valence electrons. The van der Waals surface area contributed by atoms with Crippen molar-refractivity contribution >= 4 is 55.2 Å². The van der Waals surface area contributed by atoms with Crippen LogP contribution in [0.5, 0.6) is 0 Å². The number of aromatic nitrogens is 3. The lowest BCUT2D eigenvalue weighted by Crippen LogP contribution is -2.11. The summed E-state index contributed by atoms with van der Waals surface area (Å²) in [6.07, 6.45) is 4.42. The van der Waals surface area contributed by atoms with Gasteiger partial charge in [-0.2, -0.15) is 0 Å². The van der Waals surface area contributed by atoms with Gasteiger partial charge in [-0.05, 0) is 50.0 Å². The second kappa shape index (κ2) is 11.0. The Hall–Kier alpha value is -6.59. The van der Waals surface area contributed by atoms with Gasteiger partial charge in [-0.3, -0.25) is 0 Å². The Morgan fingerprint density at radius 1 is 0.510 bits per heavy atom. The molecule has 0 radical (unpaired) electrons. The molecule has 5 nitrogen and oxygen atoms in total. The topological polar surface area (TPSA) is 63.8 Å². The van der Waals surface area contributed by atoms with E-state index in [1.54, 1.807) is 0 Å². The Morgan fingerprint density at radius 2 is 1.14 bits per heavy atom. The maximum absolute atomic E-state index is 6.56. The zero-order chi connectivity index (χ0) is 32.3. The van der Waals surface area contributed by atoms with Gasteiger partial charge in [0.25, 0.3) is 0 Å². The van der Waals surface area contributed by atoms with Crippen molar-refractivity contribution in [3.8, 4) is 34.2 Å². The highest BCUT2D eigenvalue weighted by Crippen LogP contribution is 2.44. The third kappa shape index (κ3) is 4.51. The minimum atomic E-state index is -0.0798. The van der Waals surface area contributed by atoms with Crippen molar-refractivity contribution in [1.82, 2.24) is 15.0 Å². The minimum absolute atomic E-state index is 0.0798. The molecule has 0 amide bonds. The van der Waals surface area contributed by atoms with Crippen molar-refractivity contribution < 1.29 is 4.42 Å². The van der Waals surface area contributed by atoms with Crippen molar-refractivity contribution in [1.29, 1.82) is 0 Å². The molecule has 10 rings (SSSR count). The lowest BCUT2D eigenvalue weighted by atomic mass is 9.89. The number of benzene rings is 7. The van der Waals surface area contributed by atoms with Gasteiger partial charge in [0.05, 0.1) is 6.04 Å². The number of hydrogen-bond acceptors (Lipinski definition) is 5. The molecule has 1 aliphatic rings. The molecule has 1 aliphatic heterocycles. The Bertz CT molecular complexity index is 2690. The van der Waals surface area contributed by atoms with E-state index in [1.165, 1.54) is 37.9 Å². The van der Waals surface area contributed by atoms with Gasteiger partial charge in [0, 0.05) is 27.6 Å². The van der Waals surface area contributed by atoms with E-state index in [-0.39, 0.29) is 6.04 Å². The monoisotopic (exact) mass is 628 g/mol. The van der Waals surface area contributed by atoms with Gasteiger partial charge in [-0.15, -0.1) is 0 Å². The van der Waals surface area contributed by atoms with Gasteiger partial charge in [0.15, 0.2) is 17.5 Å². The highest BCUT2D eigenvalue weighted by molar-refractivity contribution is 6.21. The Morgan fingerprint density at radius 3 is 1.90 bits per heavy atom. The van der Waals surface area contributed by atoms with Crippen LogP contribution >= 0.6 is 0 Å². The Balaban J connectivity index is 1.12. The van der Waals surface area contributed by atoms with Crippen LogP contribution in [0.2, 0.25) is 0 Å². The number of nitrogens with one attached hydrogen (secondary N) is 1. The first-order valence-corrected chi connectivity index (χ1v) is 16.5. The summed E-state index contributed by atoms with van der Waals surface area (Å²) in [5, 5.41) is 12.2. The van der Waals surface area contributed by atoms with E-state index in [0.717, 1.165) is 39.1 Å². The van der Waals surface area contributed by atoms with Gasteiger partial charge < -0.3 is 9.73 Å². The first kappa shape index (κ1) is 27.5. The number of nitrogens with zero attached hydrogens (tertiary/aromatic N) is 3. The quantitative estimate of drug-likeness (QED) is 0.197. The molecule has 1 atom stereocenters. The summed E-state index contributed by atoms with van der Waals surface area (Å²) < 4.78 is 6.56. The molecular weight excluding hydrogens is 601 g/mol. The zero-order valence-corrected chi connectivity index (χ0v) is 26.3. The van der Waals surface area contributed by atoms with Gasteiger partial charge in [-0.25, -0.2) is 15.0 Å². The first-order valence-electron chi connectivity index (χ1n) is 16.5. The standard InChI is InChI=1S/C44H28N4O/c1-3-13-28(14-4-1)41-46-42(29-15-5-2-6-16-29)48-43(47-41)34-20-11-21-38-40(34)35-24-25-37(45-44(35)49-38)36-26-30-23-22-27-12-7-8-17-31(27)39(30)33-19-10-9-18-32(33)36/h1-26,37,45H. The molecule has 5 heteroatoms. The Kier molecular flexibility index (Phi) is 6.18. The van der Waals surface area contributed by atoms with E-state index in [1.807, 2.05) is 72.8 Å². The molecule has 0 aliphatic carbocycles. The number of fused-ring (bicyclic) bond motifs is 8. The van der Waals surface area contributed by atoms with Gasteiger partial charge in [0.2, 0.25) is 5.88 Å². The maximum atomic E-state index is 6.56. The fraction of sp³-hybridized carbons (Fsp3) is 0.0227. The minimum Gasteiger partial charge on any atom is -0.440 e. The Labute approximate surface area is 282 Å². The van der Waals surface area contributed by atoms with Crippen LogP contribution in [-0.4, -0.2) is 15.0 Å². The molecule has 3 heterocycles. The van der Waals surface area contributed by atoms with Crippen molar-refractivity contribution in [2.75, 3.05) is 5.32 Å². The summed E-state index contributed by atoms with van der Waals surface area (Å²) in [6.45, 7) is 0. The molecule has 7 aromatic carbocycles. The lowest BCUT2D eigenvalue weighted by Gasteiger charge is -2.22. The molecule has 0 saturated carbocycles. The normalized spacial score (nSPS) is 14.0. The van der Waals surface area contributed by atoms with Crippen molar-refractivity contribution in [3.63, 3.8) is 0 Å². The predicted octanol–water partition coefficient (Wildman–Crippen LogP) is 11.3. The average molecular weight is 629 g/mol. The second-order valence-electron chi connectivity index (χ2n) is 12.4. The number of anilines is 1. The van der Waals surface area contributed by atoms with E-state index in [2.05, 4.69) is 90.3 Å². The summed E-state index contributed by atoms with van der Waals surface area (Å²) in [4.78, 5) is 14.9. The van der Waals surface area contributed by atoms with Gasteiger partial charge in [0.1, 0.15) is 5.58 Å². The van der Waals surface area contributed by atoms with Crippen LogP contribution in [0, 0.1) is 0 Å². The highest BCUT2D eigenvalue weighted by atomic mass is 16.4. The van der Waals surface area contributed by atoms with Crippen LogP contribution in [0.15, 0.2) is 156 Å². The number of furan rings is 1. The van der Waals surface area contributed by atoms with Crippen LogP contribution < -0.4 is 5.32 Å². The molecule has 0 fully saturated rings. The molecular formula is C44H28N4O. The second-order valence-corrected chi connectivity index (χ2v) is 12.4. The van der Waals surface area contributed by atoms with E-state index >= 15 is 0 Å². The molecule has 1 unspecified atom stereocenters. The van der Waals surface area contributed by atoms with E-state index in [4.69, 9.17) is 19.4 Å². The molecule has 0 saturated heterocycles. The lowest BCUT2D eigenvalue weighted by molar-refractivity contribution is 0.619. The highest BCUT2D eigenvalue weighted by Gasteiger charge is 2.25. The third-order valence-electron chi connectivity index (χ3n) is 9.55. The molecule has 1 N–H and O–H groups in total. The molecule has 2 aromatic heterocycles. The van der Waals surface area contributed by atoms with Crippen molar-refractivity contribution in [2.45, 2.75) is 6.04 Å². The van der Waals surface area contributed by atoms with Crippen LogP contribution in [0.25, 0.3) is 83.5 Å². The average Bonchev–Trinajstić information content (AvgIpc) is 3.56. The van der Waals surface area contributed by atoms with E-state index in [9.17, 15) is 0 Å². The van der Waals surface area contributed by atoms with Gasteiger partial charge in [-0.1, -0.05) is 146 Å². The number of hydrogen-bond donors (Lipinski definition) is 1. The van der Waals surface area contributed by atoms with Crippen LogP contribution in [-0.2, 0) is 0 Å². The van der Waals surface area contributed by atoms with Crippen LogP contribution in [0.4, 0.5) is 5.88 Å². The maximum Gasteiger partial charge on any atom is 0.202 e. The van der Waals surface area contributed by atoms with E-state index in [0.29, 0.717) is 17.5 Å². The predicted molar refractivity (Wildman–Crippen MR) is 200 cm³/mol. The largest absolute Gasteiger partial charge is 0.440 e. The fourth-order valence-electron chi connectivity index (χ4n) is 7.28. The van der Waals surface area contributed by atoms with Gasteiger partial charge >= 0.3 is 0 Å². The first-order chi connectivity index (χ1) is 24.3. The summed E-state index contributed by atoms with van der Waals surface area (Å²) in [5.74, 6) is 2.59. The molecule has 0 bridgehead atoms. The number of rotatable bonds is 4. The van der Waals surface area contributed by atoms with Crippen molar-refractivity contribution in [3.05, 3.63) is 163 Å². The smallest absolute Gasteiger partial charge is 0.202 e. The summed E-state index contributed by atoms with van der Waals surface area (Å²) >= 11 is 0. The SMILES string of the molecule is C1=CC(c2cc3ccc4ccccc4c3c3ccccc23)Nc2oc3cccc(-c4nc(-c5ccccc5)nc(-c5ccccc5)n4)c3c21. The molecule has 0 spiro atoms. The summed E-state index contributed by atoms with van der Waals surface area (Å²) in [5.41, 5.74) is 5.74. The molecule has 49 heavy (non-hydrogen) atoms. The van der Waals surface area contributed by atoms with Crippen molar-refractivity contribution in [2.24, 2.45) is 0 Å². The van der Waals surface area contributed by atoms with E-state index < -0.39 is 0 Å². The summed E-state index contributed by atoms with van der Waals surface area (Å²) in [6, 6.07) is 50.2. The molecule has 9 aromatic rings. The van der Waals surface area contributed by atoms with Crippen LogP contribution in [0.1, 0.15) is 17.2 Å². The fourth-order valence-corrected chi connectivity index (χ4v) is 7.28.